The Morgan fingerprint density at radius 3 is 3.07 bits per heavy atom. The standard InChI is InChI=1S/C9H12N4O/c1-13-7-11-9(12-13)5-10-4-8-2-3-14-6-8/h2-3,6-7,10H,4-5H2,1H3. The van der Waals surface area contributed by atoms with E-state index in [0.717, 1.165) is 17.9 Å². The molecular weight excluding hydrogens is 180 g/mol. The van der Waals surface area contributed by atoms with E-state index in [-0.39, 0.29) is 0 Å². The summed E-state index contributed by atoms with van der Waals surface area (Å²) >= 11 is 0. The van der Waals surface area contributed by atoms with E-state index in [1.165, 1.54) is 0 Å². The van der Waals surface area contributed by atoms with E-state index >= 15 is 0 Å². The topological polar surface area (TPSA) is 55.9 Å². The molecule has 0 aliphatic rings. The van der Waals surface area contributed by atoms with Crippen molar-refractivity contribution in [3.8, 4) is 0 Å². The summed E-state index contributed by atoms with van der Waals surface area (Å²) in [6.45, 7) is 1.45. The van der Waals surface area contributed by atoms with Crippen LogP contribution in [0.2, 0.25) is 0 Å². The summed E-state index contributed by atoms with van der Waals surface area (Å²) in [6, 6.07) is 1.93. The van der Waals surface area contributed by atoms with Crippen molar-refractivity contribution in [3.63, 3.8) is 0 Å². The predicted octanol–water partition coefficient (Wildman–Crippen LogP) is 0.698. The van der Waals surface area contributed by atoms with Gasteiger partial charge in [-0.3, -0.25) is 4.68 Å². The monoisotopic (exact) mass is 192 g/mol. The molecule has 1 N–H and O–H groups in total. The van der Waals surface area contributed by atoms with E-state index in [9.17, 15) is 0 Å². The van der Waals surface area contributed by atoms with Gasteiger partial charge in [0.2, 0.25) is 0 Å². The number of aromatic nitrogens is 3. The van der Waals surface area contributed by atoms with Crippen LogP contribution < -0.4 is 5.32 Å². The maximum atomic E-state index is 4.95. The third-order valence-corrected chi connectivity index (χ3v) is 1.84. The van der Waals surface area contributed by atoms with E-state index in [4.69, 9.17) is 4.42 Å². The Morgan fingerprint density at radius 2 is 2.43 bits per heavy atom. The molecule has 5 nitrogen and oxygen atoms in total. The van der Waals surface area contributed by atoms with Gasteiger partial charge in [-0.1, -0.05) is 0 Å². The van der Waals surface area contributed by atoms with E-state index in [1.54, 1.807) is 23.5 Å². The quantitative estimate of drug-likeness (QED) is 0.774. The molecule has 0 radical (unpaired) electrons. The fraction of sp³-hybridized carbons (Fsp3) is 0.333. The Kier molecular flexibility index (Phi) is 2.60. The van der Waals surface area contributed by atoms with Gasteiger partial charge in [-0.2, -0.15) is 5.10 Å². The summed E-state index contributed by atoms with van der Waals surface area (Å²) in [7, 11) is 1.85. The number of hydrogen-bond acceptors (Lipinski definition) is 4. The first kappa shape index (κ1) is 8.96. The molecular formula is C9H12N4O. The molecule has 5 heteroatoms. The number of hydrogen-bond donors (Lipinski definition) is 1. The van der Waals surface area contributed by atoms with Crippen LogP contribution in [0.1, 0.15) is 11.4 Å². The number of aryl methyl sites for hydroxylation is 1. The summed E-state index contributed by atoms with van der Waals surface area (Å²) in [5.41, 5.74) is 1.13. The first-order valence-electron chi connectivity index (χ1n) is 4.41. The van der Waals surface area contributed by atoms with Crippen LogP contribution in [-0.4, -0.2) is 14.8 Å². The molecule has 0 amide bonds. The predicted molar refractivity (Wildman–Crippen MR) is 50.3 cm³/mol. The second-order valence-electron chi connectivity index (χ2n) is 3.07. The van der Waals surface area contributed by atoms with Crippen LogP contribution in [0.4, 0.5) is 0 Å². The molecule has 0 fully saturated rings. The normalized spacial score (nSPS) is 10.6. The lowest BCUT2D eigenvalue weighted by Crippen LogP contribution is -2.13. The minimum Gasteiger partial charge on any atom is -0.472 e. The lowest BCUT2D eigenvalue weighted by Gasteiger charge is -1.97. The minimum absolute atomic E-state index is 0.673. The number of nitrogens with zero attached hydrogens (tertiary/aromatic N) is 3. The Labute approximate surface area is 81.8 Å². The third kappa shape index (κ3) is 2.20. The molecule has 0 atom stereocenters. The fourth-order valence-electron chi connectivity index (χ4n) is 1.18. The van der Waals surface area contributed by atoms with Gasteiger partial charge in [0.05, 0.1) is 19.1 Å². The van der Waals surface area contributed by atoms with E-state index in [2.05, 4.69) is 15.4 Å². The average molecular weight is 192 g/mol. The Hall–Kier alpha value is -1.62. The van der Waals surface area contributed by atoms with Crippen molar-refractivity contribution in [2.45, 2.75) is 13.1 Å². The van der Waals surface area contributed by atoms with Gasteiger partial charge in [-0.15, -0.1) is 0 Å². The van der Waals surface area contributed by atoms with Crippen LogP contribution in [0.25, 0.3) is 0 Å². The lowest BCUT2D eigenvalue weighted by molar-refractivity contribution is 0.559. The molecule has 2 aromatic heterocycles. The SMILES string of the molecule is Cn1cnc(CNCc2ccoc2)n1. The smallest absolute Gasteiger partial charge is 0.164 e. The van der Waals surface area contributed by atoms with Crippen molar-refractivity contribution in [3.05, 3.63) is 36.3 Å². The Bertz CT molecular complexity index is 379. The second kappa shape index (κ2) is 4.06. The fourth-order valence-corrected chi connectivity index (χ4v) is 1.18. The van der Waals surface area contributed by atoms with Crippen LogP contribution in [0, 0.1) is 0 Å². The zero-order valence-electron chi connectivity index (χ0n) is 7.97. The molecule has 0 unspecified atom stereocenters. The zero-order valence-corrected chi connectivity index (χ0v) is 7.97. The van der Waals surface area contributed by atoms with Gasteiger partial charge in [-0.05, 0) is 6.07 Å². The first-order chi connectivity index (χ1) is 6.84. The van der Waals surface area contributed by atoms with Crippen LogP contribution >= 0.6 is 0 Å². The molecule has 14 heavy (non-hydrogen) atoms. The molecule has 0 spiro atoms. The highest BCUT2D eigenvalue weighted by Gasteiger charge is 1.98. The summed E-state index contributed by atoms with van der Waals surface area (Å²) in [5, 5.41) is 7.37. The van der Waals surface area contributed by atoms with Gasteiger partial charge in [0.15, 0.2) is 5.82 Å². The maximum Gasteiger partial charge on any atom is 0.164 e. The summed E-state index contributed by atoms with van der Waals surface area (Å²) in [5.74, 6) is 0.802. The van der Waals surface area contributed by atoms with Crippen LogP contribution in [0.3, 0.4) is 0 Å². The van der Waals surface area contributed by atoms with Crippen molar-refractivity contribution in [2.24, 2.45) is 7.05 Å². The van der Waals surface area contributed by atoms with Gasteiger partial charge in [0, 0.05) is 19.2 Å². The lowest BCUT2D eigenvalue weighted by atomic mass is 10.3. The number of rotatable bonds is 4. The highest BCUT2D eigenvalue weighted by atomic mass is 16.3. The van der Waals surface area contributed by atoms with Crippen LogP contribution in [0.15, 0.2) is 29.3 Å². The molecule has 74 valence electrons. The van der Waals surface area contributed by atoms with E-state index < -0.39 is 0 Å². The van der Waals surface area contributed by atoms with E-state index in [1.807, 2.05) is 13.1 Å². The third-order valence-electron chi connectivity index (χ3n) is 1.84. The summed E-state index contributed by atoms with van der Waals surface area (Å²) < 4.78 is 6.64. The van der Waals surface area contributed by atoms with Gasteiger partial charge in [0.25, 0.3) is 0 Å². The zero-order chi connectivity index (χ0) is 9.80. The molecule has 2 heterocycles. The Balaban J connectivity index is 1.78. The molecule has 0 saturated carbocycles. The van der Waals surface area contributed by atoms with Crippen molar-refractivity contribution >= 4 is 0 Å². The average Bonchev–Trinajstić information content (AvgIpc) is 2.77. The number of nitrogens with one attached hydrogen (secondary N) is 1. The highest BCUT2D eigenvalue weighted by molar-refractivity contribution is 5.04. The van der Waals surface area contributed by atoms with Gasteiger partial charge in [0.1, 0.15) is 6.33 Å². The molecule has 2 aromatic rings. The van der Waals surface area contributed by atoms with Crippen molar-refractivity contribution in [1.29, 1.82) is 0 Å². The number of furan rings is 1. The molecule has 0 bridgehead atoms. The molecule has 0 aliphatic carbocycles. The van der Waals surface area contributed by atoms with Gasteiger partial charge < -0.3 is 9.73 Å². The largest absolute Gasteiger partial charge is 0.472 e. The minimum atomic E-state index is 0.673. The summed E-state index contributed by atoms with van der Waals surface area (Å²) in [4.78, 5) is 4.10. The van der Waals surface area contributed by atoms with Crippen molar-refractivity contribution < 1.29 is 4.42 Å². The van der Waals surface area contributed by atoms with Gasteiger partial charge >= 0.3 is 0 Å². The van der Waals surface area contributed by atoms with Crippen LogP contribution in [-0.2, 0) is 20.1 Å². The Morgan fingerprint density at radius 1 is 1.50 bits per heavy atom. The first-order valence-corrected chi connectivity index (χ1v) is 4.41. The molecule has 0 aliphatic heterocycles. The van der Waals surface area contributed by atoms with Crippen molar-refractivity contribution in [2.75, 3.05) is 0 Å². The maximum absolute atomic E-state index is 4.95. The second-order valence-corrected chi connectivity index (χ2v) is 3.07. The van der Waals surface area contributed by atoms with Gasteiger partial charge in [-0.25, -0.2) is 4.98 Å². The molecule has 0 aromatic carbocycles. The van der Waals surface area contributed by atoms with E-state index in [0.29, 0.717) is 6.54 Å². The molecule has 0 saturated heterocycles. The van der Waals surface area contributed by atoms with Crippen LogP contribution in [0.5, 0.6) is 0 Å². The van der Waals surface area contributed by atoms with Crippen molar-refractivity contribution in [1.82, 2.24) is 20.1 Å². The molecule has 2 rings (SSSR count). The highest BCUT2D eigenvalue weighted by Crippen LogP contribution is 1.98. The summed E-state index contributed by atoms with van der Waals surface area (Å²) in [6.07, 6.45) is 5.07.